The molecule has 0 aliphatic heterocycles. The molecule has 0 fully saturated rings. The molecular formula is C12H21NO. The monoisotopic (exact) mass is 195 g/mol. The number of hydrogen-bond donors (Lipinski definition) is 1. The molecule has 0 aromatic carbocycles. The average Bonchev–Trinajstić information content (AvgIpc) is 2.18. The lowest BCUT2D eigenvalue weighted by Crippen LogP contribution is -2.24. The smallest absolute Gasteiger partial charge is 0.0958 e. The van der Waals surface area contributed by atoms with E-state index >= 15 is 0 Å². The Kier molecular flexibility index (Phi) is 4.74. The molecule has 0 heterocycles. The van der Waals surface area contributed by atoms with Gasteiger partial charge in [0.05, 0.1) is 12.9 Å². The van der Waals surface area contributed by atoms with Crippen molar-refractivity contribution in [3.8, 4) is 0 Å². The number of nitrogens with one attached hydrogen (secondary N) is 1. The normalized spacial score (nSPS) is 16.6. The van der Waals surface area contributed by atoms with Crippen LogP contribution >= 0.6 is 0 Å². The molecule has 0 atom stereocenters. The van der Waals surface area contributed by atoms with Crippen molar-refractivity contribution < 1.29 is 4.74 Å². The third kappa shape index (κ3) is 3.97. The Morgan fingerprint density at radius 1 is 1.36 bits per heavy atom. The summed E-state index contributed by atoms with van der Waals surface area (Å²) >= 11 is 0. The van der Waals surface area contributed by atoms with Crippen LogP contribution in [0.25, 0.3) is 0 Å². The van der Waals surface area contributed by atoms with Gasteiger partial charge >= 0.3 is 0 Å². The van der Waals surface area contributed by atoms with Crippen molar-refractivity contribution in [2.45, 2.75) is 39.2 Å². The highest BCUT2D eigenvalue weighted by Crippen LogP contribution is 2.20. The third-order valence-corrected chi connectivity index (χ3v) is 2.46. The molecule has 0 saturated carbocycles. The molecule has 0 radical (unpaired) electrons. The van der Waals surface area contributed by atoms with Crippen molar-refractivity contribution >= 4 is 0 Å². The summed E-state index contributed by atoms with van der Waals surface area (Å²) in [6.45, 7) is 5.44. The van der Waals surface area contributed by atoms with Crippen molar-refractivity contribution in [2.75, 3.05) is 13.7 Å². The molecule has 0 saturated heterocycles. The average molecular weight is 195 g/mol. The lowest BCUT2D eigenvalue weighted by molar-refractivity contribution is 0.275. The van der Waals surface area contributed by atoms with Crippen molar-refractivity contribution in [3.63, 3.8) is 0 Å². The summed E-state index contributed by atoms with van der Waals surface area (Å²) in [5.74, 6) is 1.10. The largest absolute Gasteiger partial charge is 0.501 e. The van der Waals surface area contributed by atoms with Gasteiger partial charge in [0.15, 0.2) is 0 Å². The van der Waals surface area contributed by atoms with Gasteiger partial charge in [0.25, 0.3) is 0 Å². The van der Waals surface area contributed by atoms with Gasteiger partial charge in [-0.05, 0) is 25.5 Å². The zero-order valence-corrected chi connectivity index (χ0v) is 9.47. The predicted octanol–water partition coefficient (Wildman–Crippen LogP) is 2.63. The highest BCUT2D eigenvalue weighted by Gasteiger charge is 2.05. The SMILES string of the molecule is COC1=CC=C(CCNC(C)C)CC1. The number of methoxy groups -OCH3 is 1. The third-order valence-electron chi connectivity index (χ3n) is 2.46. The minimum atomic E-state index is 0.587. The lowest BCUT2D eigenvalue weighted by Gasteiger charge is -2.14. The topological polar surface area (TPSA) is 21.3 Å². The molecule has 0 aromatic rings. The number of hydrogen-bond acceptors (Lipinski definition) is 2. The van der Waals surface area contributed by atoms with Gasteiger partial charge in [-0.3, -0.25) is 0 Å². The van der Waals surface area contributed by atoms with Crippen molar-refractivity contribution in [3.05, 3.63) is 23.5 Å². The van der Waals surface area contributed by atoms with Gasteiger partial charge in [-0.2, -0.15) is 0 Å². The van der Waals surface area contributed by atoms with Gasteiger partial charge in [-0.1, -0.05) is 25.5 Å². The van der Waals surface area contributed by atoms with Crippen LogP contribution in [0.5, 0.6) is 0 Å². The van der Waals surface area contributed by atoms with E-state index in [1.165, 1.54) is 5.57 Å². The fourth-order valence-corrected chi connectivity index (χ4v) is 1.56. The molecule has 0 aromatic heterocycles. The van der Waals surface area contributed by atoms with Crippen LogP contribution in [-0.2, 0) is 4.74 Å². The van der Waals surface area contributed by atoms with E-state index in [0.717, 1.165) is 31.6 Å². The minimum absolute atomic E-state index is 0.587. The lowest BCUT2D eigenvalue weighted by atomic mass is 10.0. The minimum Gasteiger partial charge on any atom is -0.501 e. The van der Waals surface area contributed by atoms with Crippen LogP contribution in [0.2, 0.25) is 0 Å². The van der Waals surface area contributed by atoms with Crippen LogP contribution in [0.3, 0.4) is 0 Å². The van der Waals surface area contributed by atoms with Crippen LogP contribution in [-0.4, -0.2) is 19.7 Å². The summed E-state index contributed by atoms with van der Waals surface area (Å²) < 4.78 is 5.18. The summed E-state index contributed by atoms with van der Waals surface area (Å²) in [6, 6.07) is 0.587. The van der Waals surface area contributed by atoms with Gasteiger partial charge in [-0.15, -0.1) is 0 Å². The van der Waals surface area contributed by atoms with E-state index in [9.17, 15) is 0 Å². The molecule has 0 amide bonds. The van der Waals surface area contributed by atoms with E-state index in [1.54, 1.807) is 7.11 Å². The van der Waals surface area contributed by atoms with E-state index in [1.807, 2.05) is 0 Å². The molecule has 2 heteroatoms. The molecular weight excluding hydrogens is 174 g/mol. The Balaban J connectivity index is 2.26. The van der Waals surface area contributed by atoms with E-state index in [4.69, 9.17) is 4.74 Å². The summed E-state index contributed by atoms with van der Waals surface area (Å²) in [6.07, 6.45) is 7.66. The second kappa shape index (κ2) is 5.86. The standard InChI is InChI=1S/C12H21NO/c1-10(2)13-9-8-11-4-6-12(14-3)7-5-11/h4,6,10,13H,5,7-9H2,1-3H3. The Bertz CT molecular complexity index is 228. The first-order chi connectivity index (χ1) is 6.72. The molecule has 1 N–H and O–H groups in total. The summed E-state index contributed by atoms with van der Waals surface area (Å²) in [5, 5.41) is 3.43. The van der Waals surface area contributed by atoms with Gasteiger partial charge in [0, 0.05) is 12.5 Å². The van der Waals surface area contributed by atoms with Gasteiger partial charge < -0.3 is 10.1 Å². The van der Waals surface area contributed by atoms with Crippen molar-refractivity contribution in [1.29, 1.82) is 0 Å². The number of rotatable bonds is 5. The van der Waals surface area contributed by atoms with Crippen LogP contribution in [0.1, 0.15) is 33.1 Å². The van der Waals surface area contributed by atoms with Gasteiger partial charge in [0.2, 0.25) is 0 Å². The molecule has 1 rings (SSSR count). The second-order valence-electron chi connectivity index (χ2n) is 4.02. The fraction of sp³-hybridized carbons (Fsp3) is 0.667. The van der Waals surface area contributed by atoms with Crippen molar-refractivity contribution in [1.82, 2.24) is 5.32 Å². The molecule has 0 bridgehead atoms. The highest BCUT2D eigenvalue weighted by atomic mass is 16.5. The van der Waals surface area contributed by atoms with Gasteiger partial charge in [-0.25, -0.2) is 0 Å². The first-order valence-corrected chi connectivity index (χ1v) is 5.38. The Labute approximate surface area is 87.0 Å². The van der Waals surface area contributed by atoms with Crippen molar-refractivity contribution in [2.24, 2.45) is 0 Å². The summed E-state index contributed by atoms with van der Waals surface area (Å²) in [4.78, 5) is 0. The molecule has 14 heavy (non-hydrogen) atoms. The van der Waals surface area contributed by atoms with Crippen LogP contribution in [0.15, 0.2) is 23.5 Å². The van der Waals surface area contributed by atoms with E-state index in [0.29, 0.717) is 6.04 Å². The van der Waals surface area contributed by atoms with E-state index in [-0.39, 0.29) is 0 Å². The zero-order chi connectivity index (χ0) is 10.4. The Hall–Kier alpha value is -0.760. The maximum absolute atomic E-state index is 5.18. The summed E-state index contributed by atoms with van der Waals surface area (Å²) in [5.41, 5.74) is 1.53. The first kappa shape index (κ1) is 11.3. The Morgan fingerprint density at radius 3 is 2.64 bits per heavy atom. The maximum atomic E-state index is 5.18. The van der Waals surface area contributed by atoms with Crippen LogP contribution < -0.4 is 5.32 Å². The predicted molar refractivity (Wildman–Crippen MR) is 60.2 cm³/mol. The summed E-state index contributed by atoms with van der Waals surface area (Å²) in [7, 11) is 1.74. The first-order valence-electron chi connectivity index (χ1n) is 5.38. The highest BCUT2D eigenvalue weighted by molar-refractivity contribution is 5.21. The quantitative estimate of drug-likeness (QED) is 0.728. The zero-order valence-electron chi connectivity index (χ0n) is 9.47. The van der Waals surface area contributed by atoms with E-state index in [2.05, 4.69) is 31.3 Å². The van der Waals surface area contributed by atoms with E-state index < -0.39 is 0 Å². The number of ether oxygens (including phenoxy) is 1. The molecule has 1 aliphatic carbocycles. The van der Waals surface area contributed by atoms with Gasteiger partial charge in [0.1, 0.15) is 0 Å². The second-order valence-corrected chi connectivity index (χ2v) is 4.02. The maximum Gasteiger partial charge on any atom is 0.0958 e. The fourth-order valence-electron chi connectivity index (χ4n) is 1.56. The molecule has 2 nitrogen and oxygen atoms in total. The molecule has 80 valence electrons. The number of allylic oxidation sites excluding steroid dienone is 3. The molecule has 0 spiro atoms. The van der Waals surface area contributed by atoms with Crippen LogP contribution in [0.4, 0.5) is 0 Å². The molecule has 0 unspecified atom stereocenters. The van der Waals surface area contributed by atoms with Crippen LogP contribution in [0, 0.1) is 0 Å². The molecule has 1 aliphatic rings. The Morgan fingerprint density at radius 2 is 2.14 bits per heavy atom.